The first-order valence-corrected chi connectivity index (χ1v) is 9.69. The van der Waals surface area contributed by atoms with Crippen LogP contribution in [-0.2, 0) is 14.8 Å². The van der Waals surface area contributed by atoms with Crippen molar-refractivity contribution in [3.05, 3.63) is 29.3 Å². The molecule has 1 saturated heterocycles. The normalized spacial score (nSPS) is 19.7. The molecule has 0 bridgehead atoms. The lowest BCUT2D eigenvalue weighted by atomic mass is 10.1. The van der Waals surface area contributed by atoms with Crippen molar-refractivity contribution in [2.75, 3.05) is 13.1 Å². The predicted octanol–water partition coefficient (Wildman–Crippen LogP) is 2.66. The third-order valence-corrected chi connectivity index (χ3v) is 5.96. The Morgan fingerprint density at radius 3 is 2.52 bits per heavy atom. The summed E-state index contributed by atoms with van der Waals surface area (Å²) in [7, 11) is -3.75. The van der Waals surface area contributed by atoms with Crippen LogP contribution in [0.2, 0.25) is 5.02 Å². The first-order valence-electron chi connectivity index (χ1n) is 7.87. The number of amides is 1. The number of nitrogens with one attached hydrogen (secondary N) is 1. The maximum absolute atomic E-state index is 13.0. The number of halogens is 1. The number of nitrogens with zero attached hydrogens (tertiary/aromatic N) is 1. The van der Waals surface area contributed by atoms with E-state index in [1.165, 1.54) is 16.4 Å². The van der Waals surface area contributed by atoms with E-state index >= 15 is 0 Å². The molecule has 7 heteroatoms. The average molecular weight is 359 g/mol. The lowest BCUT2D eigenvalue weighted by Gasteiger charge is -2.30. The van der Waals surface area contributed by atoms with Crippen molar-refractivity contribution in [2.45, 2.75) is 44.0 Å². The molecule has 23 heavy (non-hydrogen) atoms. The summed E-state index contributed by atoms with van der Waals surface area (Å²) in [4.78, 5) is 12.5. The molecule has 1 aromatic carbocycles. The fourth-order valence-corrected chi connectivity index (χ4v) is 4.60. The van der Waals surface area contributed by atoms with Gasteiger partial charge in [-0.25, -0.2) is 8.42 Å². The molecule has 1 atom stereocenters. The largest absolute Gasteiger partial charge is 0.355 e. The van der Waals surface area contributed by atoms with E-state index in [4.69, 9.17) is 11.6 Å². The number of benzene rings is 1. The highest BCUT2D eigenvalue weighted by molar-refractivity contribution is 7.89. The van der Waals surface area contributed by atoms with Gasteiger partial charge in [-0.05, 0) is 49.4 Å². The fourth-order valence-electron chi connectivity index (χ4n) is 2.69. The highest BCUT2D eigenvalue weighted by atomic mass is 35.5. The van der Waals surface area contributed by atoms with Crippen molar-refractivity contribution in [1.29, 1.82) is 0 Å². The van der Waals surface area contributed by atoms with Gasteiger partial charge in [0.1, 0.15) is 6.04 Å². The fraction of sp³-hybridized carbons (Fsp3) is 0.562. The van der Waals surface area contributed by atoms with Crippen LogP contribution >= 0.6 is 11.6 Å². The zero-order valence-corrected chi connectivity index (χ0v) is 15.0. The monoisotopic (exact) mass is 358 g/mol. The smallest absolute Gasteiger partial charge is 0.243 e. The van der Waals surface area contributed by atoms with Gasteiger partial charge in [-0.1, -0.05) is 25.4 Å². The Hall–Kier alpha value is -1.11. The van der Waals surface area contributed by atoms with Gasteiger partial charge in [-0.15, -0.1) is 0 Å². The molecule has 1 N–H and O–H groups in total. The van der Waals surface area contributed by atoms with Gasteiger partial charge in [0, 0.05) is 18.1 Å². The van der Waals surface area contributed by atoms with Crippen LogP contribution in [-0.4, -0.2) is 37.8 Å². The number of rotatable bonds is 5. The van der Waals surface area contributed by atoms with Crippen LogP contribution in [0.25, 0.3) is 0 Å². The Balaban J connectivity index is 2.40. The van der Waals surface area contributed by atoms with Crippen LogP contribution in [0.1, 0.15) is 33.1 Å². The van der Waals surface area contributed by atoms with E-state index < -0.39 is 16.1 Å². The van der Waals surface area contributed by atoms with Crippen molar-refractivity contribution in [3.8, 4) is 0 Å². The van der Waals surface area contributed by atoms with Crippen LogP contribution in [0.15, 0.2) is 29.2 Å². The minimum absolute atomic E-state index is 0.119. The zero-order valence-electron chi connectivity index (χ0n) is 13.5. The Labute approximate surface area is 143 Å². The van der Waals surface area contributed by atoms with Crippen molar-refractivity contribution in [1.82, 2.24) is 9.62 Å². The van der Waals surface area contributed by atoms with E-state index in [0.717, 1.165) is 12.8 Å². The minimum Gasteiger partial charge on any atom is -0.355 e. The molecule has 1 aromatic rings. The molecule has 1 fully saturated rings. The number of sulfonamides is 1. The summed E-state index contributed by atoms with van der Waals surface area (Å²) in [5, 5.41) is 3.29. The van der Waals surface area contributed by atoms with Crippen LogP contribution in [0.3, 0.4) is 0 Å². The Bertz CT molecular complexity index is 644. The Kier molecular flexibility index (Phi) is 6.06. The Morgan fingerprint density at radius 1 is 1.26 bits per heavy atom. The molecule has 0 radical (unpaired) electrons. The van der Waals surface area contributed by atoms with Gasteiger partial charge in [0.05, 0.1) is 4.90 Å². The molecule has 128 valence electrons. The van der Waals surface area contributed by atoms with Crippen molar-refractivity contribution < 1.29 is 13.2 Å². The first kappa shape index (κ1) is 18.2. The van der Waals surface area contributed by atoms with Gasteiger partial charge >= 0.3 is 0 Å². The third kappa shape index (κ3) is 4.46. The number of carbonyl (C=O) groups is 1. The third-order valence-electron chi connectivity index (χ3n) is 3.82. The highest BCUT2D eigenvalue weighted by Gasteiger charge is 2.36. The molecule has 0 aliphatic carbocycles. The van der Waals surface area contributed by atoms with Gasteiger partial charge in [0.15, 0.2) is 0 Å². The summed E-state index contributed by atoms with van der Waals surface area (Å²) in [5.41, 5.74) is 0. The van der Waals surface area contributed by atoms with E-state index in [0.29, 0.717) is 24.5 Å². The molecule has 1 heterocycles. The number of carbonyl (C=O) groups excluding carboxylic acids is 1. The number of hydrogen-bond acceptors (Lipinski definition) is 3. The van der Waals surface area contributed by atoms with Gasteiger partial charge in [0.2, 0.25) is 15.9 Å². The summed E-state index contributed by atoms with van der Waals surface area (Å²) < 4.78 is 27.4. The van der Waals surface area contributed by atoms with Crippen LogP contribution in [0, 0.1) is 5.92 Å². The lowest BCUT2D eigenvalue weighted by Crippen LogP contribution is -2.49. The predicted molar refractivity (Wildman–Crippen MR) is 90.8 cm³/mol. The van der Waals surface area contributed by atoms with Crippen LogP contribution in [0.5, 0.6) is 0 Å². The molecule has 1 aliphatic heterocycles. The molecule has 5 nitrogen and oxygen atoms in total. The minimum atomic E-state index is -3.75. The second kappa shape index (κ2) is 7.64. The second-order valence-corrected chi connectivity index (χ2v) is 8.55. The highest BCUT2D eigenvalue weighted by Crippen LogP contribution is 2.24. The molecule has 2 rings (SSSR count). The van der Waals surface area contributed by atoms with E-state index in [9.17, 15) is 13.2 Å². The van der Waals surface area contributed by atoms with Crippen LogP contribution < -0.4 is 5.32 Å². The summed E-state index contributed by atoms with van der Waals surface area (Å²) in [6, 6.07) is 5.42. The topological polar surface area (TPSA) is 66.5 Å². The molecular weight excluding hydrogens is 336 g/mol. The molecule has 0 spiro atoms. The van der Waals surface area contributed by atoms with Gasteiger partial charge in [-0.2, -0.15) is 4.31 Å². The van der Waals surface area contributed by atoms with Gasteiger partial charge < -0.3 is 5.32 Å². The summed E-state index contributed by atoms with van der Waals surface area (Å²) in [6.45, 7) is 4.80. The molecule has 0 saturated carbocycles. The molecule has 1 amide bonds. The maximum atomic E-state index is 13.0. The van der Waals surface area contributed by atoms with Gasteiger partial charge in [-0.3, -0.25) is 4.79 Å². The lowest BCUT2D eigenvalue weighted by molar-refractivity contribution is -0.124. The quantitative estimate of drug-likeness (QED) is 0.879. The molecule has 1 aliphatic rings. The van der Waals surface area contributed by atoms with E-state index in [-0.39, 0.29) is 16.7 Å². The van der Waals surface area contributed by atoms with Crippen LogP contribution in [0.4, 0.5) is 0 Å². The summed E-state index contributed by atoms with van der Waals surface area (Å²) in [6.07, 6.45) is 2.25. The Morgan fingerprint density at radius 2 is 1.91 bits per heavy atom. The van der Waals surface area contributed by atoms with Crippen molar-refractivity contribution in [3.63, 3.8) is 0 Å². The standard InChI is InChI=1S/C16H23ClN2O3S/c1-12(2)11-19(15-5-3-4-10-18-16(15)20)23(21,22)14-8-6-13(17)7-9-14/h6-9,12,15H,3-5,10-11H2,1-2H3,(H,18,20)/t15-/m1/s1. The molecular formula is C16H23ClN2O3S. The van der Waals surface area contributed by atoms with E-state index in [1.54, 1.807) is 12.1 Å². The van der Waals surface area contributed by atoms with Gasteiger partial charge in [0.25, 0.3) is 0 Å². The summed E-state index contributed by atoms with van der Waals surface area (Å²) >= 11 is 5.85. The molecule has 0 unspecified atom stereocenters. The SMILES string of the molecule is CC(C)CN([C@@H]1CCCCNC1=O)S(=O)(=O)c1ccc(Cl)cc1. The maximum Gasteiger partial charge on any atom is 0.243 e. The van der Waals surface area contributed by atoms with E-state index in [2.05, 4.69) is 5.32 Å². The first-order chi connectivity index (χ1) is 10.8. The van der Waals surface area contributed by atoms with Crippen molar-refractivity contribution in [2.24, 2.45) is 5.92 Å². The van der Waals surface area contributed by atoms with Crippen molar-refractivity contribution >= 4 is 27.5 Å². The second-order valence-electron chi connectivity index (χ2n) is 6.23. The summed E-state index contributed by atoms with van der Waals surface area (Å²) in [5.74, 6) is -0.0891. The zero-order chi connectivity index (χ0) is 17.0. The average Bonchev–Trinajstić information content (AvgIpc) is 2.69. The van der Waals surface area contributed by atoms with E-state index in [1.807, 2.05) is 13.8 Å². The molecule has 0 aromatic heterocycles. The number of hydrogen-bond donors (Lipinski definition) is 1.